The molecule has 0 radical (unpaired) electrons. The van der Waals surface area contributed by atoms with E-state index < -0.39 is 0 Å². The number of amides is 1. The maximum atomic E-state index is 12.7. The molecule has 0 aliphatic rings. The molecule has 0 spiro atoms. The summed E-state index contributed by atoms with van der Waals surface area (Å²) in [5.41, 5.74) is 5.29. The molecule has 0 saturated heterocycles. The van der Waals surface area contributed by atoms with Gasteiger partial charge in [-0.2, -0.15) is 5.10 Å². The van der Waals surface area contributed by atoms with Crippen molar-refractivity contribution in [2.75, 3.05) is 0 Å². The molecule has 6 heteroatoms. The monoisotopic (exact) mass is 395 g/mol. The van der Waals surface area contributed by atoms with E-state index in [1.807, 2.05) is 31.2 Å². The zero-order valence-electron chi connectivity index (χ0n) is 18.4. The number of hydrogen-bond acceptors (Lipinski definition) is 3. The summed E-state index contributed by atoms with van der Waals surface area (Å²) < 4.78 is 2.07. The minimum Gasteiger partial charge on any atom is -0.346 e. The Balaban J connectivity index is 1.68. The lowest BCUT2D eigenvalue weighted by atomic mass is 10.0. The highest BCUT2D eigenvalue weighted by atomic mass is 16.1. The third-order valence-electron chi connectivity index (χ3n) is 5.36. The van der Waals surface area contributed by atoms with E-state index in [1.54, 1.807) is 0 Å². The van der Waals surface area contributed by atoms with Gasteiger partial charge in [0.1, 0.15) is 5.82 Å². The number of para-hydroxylation sites is 2. The van der Waals surface area contributed by atoms with Crippen LogP contribution >= 0.6 is 0 Å². The third kappa shape index (κ3) is 4.86. The number of aryl methyl sites for hydroxylation is 1. The van der Waals surface area contributed by atoms with Gasteiger partial charge in [-0.25, -0.2) is 4.98 Å². The van der Waals surface area contributed by atoms with Crippen molar-refractivity contribution in [3.8, 4) is 0 Å². The minimum atomic E-state index is -0.138. The lowest BCUT2D eigenvalue weighted by Crippen LogP contribution is -2.32. The van der Waals surface area contributed by atoms with Crippen LogP contribution in [0.2, 0.25) is 0 Å². The Labute approximate surface area is 173 Å². The molecule has 1 amide bonds. The summed E-state index contributed by atoms with van der Waals surface area (Å²) in [6.45, 7) is 13.6. The van der Waals surface area contributed by atoms with Crippen LogP contribution in [0.5, 0.6) is 0 Å². The first kappa shape index (κ1) is 21.1. The second-order valence-electron chi connectivity index (χ2n) is 8.65. The van der Waals surface area contributed by atoms with Crippen molar-refractivity contribution in [2.45, 2.75) is 67.0 Å². The summed E-state index contributed by atoms with van der Waals surface area (Å²) >= 11 is 0. The molecule has 1 atom stereocenters. The quantitative estimate of drug-likeness (QED) is 0.590. The van der Waals surface area contributed by atoms with Crippen LogP contribution in [0.3, 0.4) is 0 Å². The molecule has 0 aliphatic carbocycles. The lowest BCUT2D eigenvalue weighted by Gasteiger charge is -2.20. The van der Waals surface area contributed by atoms with Gasteiger partial charge in [0, 0.05) is 18.7 Å². The van der Waals surface area contributed by atoms with Crippen molar-refractivity contribution >= 4 is 16.9 Å². The topological polar surface area (TPSA) is 75.6 Å². The molecule has 3 aromatic rings. The molecule has 6 nitrogen and oxygen atoms in total. The second-order valence-corrected chi connectivity index (χ2v) is 8.65. The minimum absolute atomic E-state index is 0.0413. The molecule has 0 aliphatic heterocycles. The van der Waals surface area contributed by atoms with E-state index in [2.05, 4.69) is 59.7 Å². The lowest BCUT2D eigenvalue weighted by molar-refractivity contribution is -0.122. The van der Waals surface area contributed by atoms with Crippen molar-refractivity contribution in [2.24, 2.45) is 11.8 Å². The SMILES string of the molecule is Cc1nn(CC(C)C)c(C)c1CCC(=O)NC(c1nc2ccccc2[nH]1)C(C)C. The highest BCUT2D eigenvalue weighted by Crippen LogP contribution is 2.23. The van der Waals surface area contributed by atoms with Gasteiger partial charge in [-0.15, -0.1) is 0 Å². The summed E-state index contributed by atoms with van der Waals surface area (Å²) in [6, 6.07) is 7.80. The number of carbonyl (C=O) groups excluding carboxylic acids is 1. The number of benzene rings is 1. The largest absolute Gasteiger partial charge is 0.346 e. The molecule has 2 aromatic heterocycles. The van der Waals surface area contributed by atoms with Crippen molar-refractivity contribution < 1.29 is 4.79 Å². The smallest absolute Gasteiger partial charge is 0.220 e. The number of nitrogens with zero attached hydrogens (tertiary/aromatic N) is 3. The molecule has 156 valence electrons. The molecule has 2 N–H and O–H groups in total. The molecular formula is C23H33N5O. The summed E-state index contributed by atoms with van der Waals surface area (Å²) in [5.74, 6) is 1.63. The van der Waals surface area contributed by atoms with Crippen LogP contribution in [0, 0.1) is 25.7 Å². The number of aromatic nitrogens is 4. The van der Waals surface area contributed by atoms with Crippen LogP contribution in [0.4, 0.5) is 0 Å². The van der Waals surface area contributed by atoms with Gasteiger partial charge in [-0.05, 0) is 49.8 Å². The van der Waals surface area contributed by atoms with E-state index in [9.17, 15) is 4.79 Å². The second kappa shape index (κ2) is 8.80. The van der Waals surface area contributed by atoms with Gasteiger partial charge in [0.25, 0.3) is 0 Å². The highest BCUT2D eigenvalue weighted by molar-refractivity contribution is 5.78. The number of carbonyl (C=O) groups is 1. The number of H-pyrrole nitrogens is 1. The predicted octanol–water partition coefficient (Wildman–Crippen LogP) is 4.48. The van der Waals surface area contributed by atoms with Gasteiger partial charge in [0.2, 0.25) is 5.91 Å². The number of hydrogen-bond donors (Lipinski definition) is 2. The standard InChI is InChI=1S/C23H33N5O/c1-14(2)13-28-17(6)18(16(5)27-28)11-12-21(29)26-22(15(3)4)23-24-19-9-7-8-10-20(19)25-23/h7-10,14-15,22H,11-13H2,1-6H3,(H,24,25)(H,26,29). The Morgan fingerprint density at radius 2 is 1.90 bits per heavy atom. The summed E-state index contributed by atoms with van der Waals surface area (Å²) in [4.78, 5) is 20.8. The molecule has 1 aromatic carbocycles. The van der Waals surface area contributed by atoms with Gasteiger partial charge in [-0.3, -0.25) is 9.48 Å². The molecule has 0 saturated carbocycles. The van der Waals surface area contributed by atoms with Crippen molar-refractivity contribution in [3.05, 3.63) is 47.0 Å². The first-order chi connectivity index (χ1) is 13.8. The number of rotatable bonds is 8. The Morgan fingerprint density at radius 3 is 2.55 bits per heavy atom. The number of imidazole rings is 1. The van der Waals surface area contributed by atoms with Crippen LogP contribution in [-0.2, 0) is 17.8 Å². The van der Waals surface area contributed by atoms with E-state index in [1.165, 1.54) is 11.3 Å². The Morgan fingerprint density at radius 1 is 1.17 bits per heavy atom. The van der Waals surface area contributed by atoms with Crippen LogP contribution in [0.15, 0.2) is 24.3 Å². The average Bonchev–Trinajstić information content (AvgIpc) is 3.18. The molecule has 0 bridgehead atoms. The maximum Gasteiger partial charge on any atom is 0.220 e. The average molecular weight is 396 g/mol. The maximum absolute atomic E-state index is 12.7. The van der Waals surface area contributed by atoms with E-state index in [0.29, 0.717) is 18.8 Å². The zero-order chi connectivity index (χ0) is 21.1. The van der Waals surface area contributed by atoms with E-state index in [0.717, 1.165) is 29.1 Å². The molecule has 29 heavy (non-hydrogen) atoms. The van der Waals surface area contributed by atoms with Crippen molar-refractivity contribution in [1.82, 2.24) is 25.1 Å². The fourth-order valence-corrected chi connectivity index (χ4v) is 3.77. The molecule has 0 fully saturated rings. The molecule has 1 unspecified atom stereocenters. The first-order valence-corrected chi connectivity index (χ1v) is 10.5. The molecule has 3 rings (SSSR count). The number of nitrogens with one attached hydrogen (secondary N) is 2. The summed E-state index contributed by atoms with van der Waals surface area (Å²) in [6.07, 6.45) is 1.14. The van der Waals surface area contributed by atoms with Crippen LogP contribution in [-0.4, -0.2) is 25.7 Å². The van der Waals surface area contributed by atoms with Gasteiger partial charge in [0.15, 0.2) is 0 Å². The fourth-order valence-electron chi connectivity index (χ4n) is 3.77. The van der Waals surface area contributed by atoms with Gasteiger partial charge < -0.3 is 10.3 Å². The number of aromatic amines is 1. The van der Waals surface area contributed by atoms with E-state index in [-0.39, 0.29) is 17.9 Å². The van der Waals surface area contributed by atoms with Crippen molar-refractivity contribution in [1.29, 1.82) is 0 Å². The zero-order valence-corrected chi connectivity index (χ0v) is 18.4. The first-order valence-electron chi connectivity index (χ1n) is 10.5. The van der Waals surface area contributed by atoms with Gasteiger partial charge >= 0.3 is 0 Å². The van der Waals surface area contributed by atoms with Gasteiger partial charge in [0.05, 0.1) is 22.8 Å². The van der Waals surface area contributed by atoms with E-state index >= 15 is 0 Å². The summed E-state index contributed by atoms with van der Waals surface area (Å²) in [7, 11) is 0. The normalized spacial score (nSPS) is 12.8. The summed E-state index contributed by atoms with van der Waals surface area (Å²) in [5, 5.41) is 7.84. The molecule has 2 heterocycles. The van der Waals surface area contributed by atoms with Crippen LogP contribution in [0.25, 0.3) is 11.0 Å². The predicted molar refractivity (Wildman–Crippen MR) is 117 cm³/mol. The van der Waals surface area contributed by atoms with Crippen LogP contribution < -0.4 is 5.32 Å². The Kier molecular flexibility index (Phi) is 6.40. The highest BCUT2D eigenvalue weighted by Gasteiger charge is 2.22. The van der Waals surface area contributed by atoms with E-state index in [4.69, 9.17) is 0 Å². The third-order valence-corrected chi connectivity index (χ3v) is 5.36. The molecular weight excluding hydrogens is 362 g/mol. The van der Waals surface area contributed by atoms with Gasteiger partial charge in [-0.1, -0.05) is 39.8 Å². The Hall–Kier alpha value is -2.63. The Bertz CT molecular complexity index is 949. The number of fused-ring (bicyclic) bond motifs is 1. The fraction of sp³-hybridized carbons (Fsp3) is 0.522. The van der Waals surface area contributed by atoms with Crippen molar-refractivity contribution in [3.63, 3.8) is 0 Å². The van der Waals surface area contributed by atoms with Crippen LogP contribution in [0.1, 0.15) is 62.9 Å².